The van der Waals surface area contributed by atoms with Gasteiger partial charge in [-0.25, -0.2) is 0 Å². The SMILES string of the molecule is COc1ccc2c(c1)NC(c1cccs1)=CN2. The van der Waals surface area contributed by atoms with E-state index >= 15 is 0 Å². The predicted octanol–water partition coefficient (Wildman–Crippen LogP) is 3.59. The van der Waals surface area contributed by atoms with Crippen molar-refractivity contribution in [1.82, 2.24) is 0 Å². The van der Waals surface area contributed by atoms with Crippen molar-refractivity contribution in [3.63, 3.8) is 0 Å². The summed E-state index contributed by atoms with van der Waals surface area (Å²) in [4.78, 5) is 1.21. The molecule has 2 N–H and O–H groups in total. The maximum atomic E-state index is 5.22. The molecule has 2 heterocycles. The van der Waals surface area contributed by atoms with Gasteiger partial charge >= 0.3 is 0 Å². The highest BCUT2D eigenvalue weighted by Gasteiger charge is 2.12. The van der Waals surface area contributed by atoms with Crippen LogP contribution in [0.15, 0.2) is 41.9 Å². The maximum absolute atomic E-state index is 5.22. The summed E-state index contributed by atoms with van der Waals surface area (Å²) < 4.78 is 5.22. The number of benzene rings is 1. The van der Waals surface area contributed by atoms with Crippen molar-refractivity contribution < 1.29 is 4.74 Å². The van der Waals surface area contributed by atoms with Crippen LogP contribution in [0.1, 0.15) is 4.88 Å². The summed E-state index contributed by atoms with van der Waals surface area (Å²) in [5, 5.41) is 8.75. The highest BCUT2D eigenvalue weighted by molar-refractivity contribution is 7.11. The van der Waals surface area contributed by atoms with Crippen molar-refractivity contribution in [1.29, 1.82) is 0 Å². The summed E-state index contributed by atoms with van der Waals surface area (Å²) in [5.41, 5.74) is 3.18. The van der Waals surface area contributed by atoms with Gasteiger partial charge in [0.1, 0.15) is 5.75 Å². The Hall–Kier alpha value is -1.94. The summed E-state index contributed by atoms with van der Waals surface area (Å²) in [6.07, 6.45) is 1.99. The molecule has 86 valence electrons. The predicted molar refractivity (Wildman–Crippen MR) is 72.5 cm³/mol. The second kappa shape index (κ2) is 4.14. The van der Waals surface area contributed by atoms with Gasteiger partial charge in [0.25, 0.3) is 0 Å². The molecule has 0 atom stereocenters. The van der Waals surface area contributed by atoms with E-state index in [9.17, 15) is 0 Å². The molecule has 3 rings (SSSR count). The van der Waals surface area contributed by atoms with Crippen LogP contribution in [0.3, 0.4) is 0 Å². The molecule has 0 unspecified atom stereocenters. The molecule has 3 nitrogen and oxygen atoms in total. The van der Waals surface area contributed by atoms with E-state index in [4.69, 9.17) is 4.74 Å². The Labute approximate surface area is 104 Å². The molecular formula is C13H12N2OS. The van der Waals surface area contributed by atoms with E-state index in [1.54, 1.807) is 18.4 Å². The summed E-state index contributed by atoms with van der Waals surface area (Å²) in [6.45, 7) is 0. The van der Waals surface area contributed by atoms with Crippen LogP contribution in [0, 0.1) is 0 Å². The van der Waals surface area contributed by atoms with Gasteiger partial charge in [-0.15, -0.1) is 11.3 Å². The second-order valence-electron chi connectivity index (χ2n) is 3.72. The van der Waals surface area contributed by atoms with E-state index < -0.39 is 0 Å². The lowest BCUT2D eigenvalue weighted by molar-refractivity contribution is 0.415. The largest absolute Gasteiger partial charge is 0.497 e. The topological polar surface area (TPSA) is 33.3 Å². The fourth-order valence-electron chi connectivity index (χ4n) is 1.78. The van der Waals surface area contributed by atoms with Gasteiger partial charge in [-0.3, -0.25) is 0 Å². The zero-order valence-corrected chi connectivity index (χ0v) is 10.2. The number of anilines is 2. The third-order valence-electron chi connectivity index (χ3n) is 2.65. The minimum absolute atomic E-state index is 0.852. The number of ether oxygens (including phenoxy) is 1. The van der Waals surface area contributed by atoms with E-state index in [0.29, 0.717) is 0 Å². The van der Waals surface area contributed by atoms with Crippen molar-refractivity contribution in [2.75, 3.05) is 17.7 Å². The van der Waals surface area contributed by atoms with Gasteiger partial charge in [-0.05, 0) is 23.6 Å². The van der Waals surface area contributed by atoms with Crippen LogP contribution in [0.2, 0.25) is 0 Å². The average molecular weight is 244 g/mol. The van der Waals surface area contributed by atoms with Crippen LogP contribution in [0.25, 0.3) is 5.70 Å². The number of hydrogen-bond acceptors (Lipinski definition) is 4. The second-order valence-corrected chi connectivity index (χ2v) is 4.66. The van der Waals surface area contributed by atoms with E-state index in [2.05, 4.69) is 22.1 Å². The fourth-order valence-corrected chi connectivity index (χ4v) is 2.47. The molecule has 0 fully saturated rings. The Balaban J connectivity index is 1.94. The lowest BCUT2D eigenvalue weighted by Gasteiger charge is -2.20. The Kier molecular flexibility index (Phi) is 2.49. The van der Waals surface area contributed by atoms with E-state index in [1.807, 2.05) is 30.5 Å². The monoisotopic (exact) mass is 244 g/mol. The number of fused-ring (bicyclic) bond motifs is 1. The molecule has 0 saturated heterocycles. The van der Waals surface area contributed by atoms with E-state index in [1.165, 1.54) is 4.88 Å². The molecule has 1 aromatic heterocycles. The quantitative estimate of drug-likeness (QED) is 0.847. The summed E-state index contributed by atoms with van der Waals surface area (Å²) in [7, 11) is 1.67. The molecule has 17 heavy (non-hydrogen) atoms. The van der Waals surface area contributed by atoms with Crippen molar-refractivity contribution >= 4 is 28.4 Å². The van der Waals surface area contributed by atoms with Gasteiger partial charge in [0.15, 0.2) is 0 Å². The fraction of sp³-hybridized carbons (Fsp3) is 0.0769. The first-order valence-corrected chi connectivity index (χ1v) is 6.20. The van der Waals surface area contributed by atoms with Gasteiger partial charge < -0.3 is 15.4 Å². The molecule has 1 aliphatic rings. The molecule has 0 bridgehead atoms. The molecule has 0 saturated carbocycles. The van der Waals surface area contributed by atoms with E-state index in [0.717, 1.165) is 22.8 Å². The van der Waals surface area contributed by atoms with Gasteiger partial charge in [0.2, 0.25) is 0 Å². The molecular weight excluding hydrogens is 232 g/mol. The first kappa shape index (κ1) is 10.2. The Morgan fingerprint density at radius 2 is 2.12 bits per heavy atom. The van der Waals surface area contributed by atoms with Crippen LogP contribution >= 0.6 is 11.3 Å². The van der Waals surface area contributed by atoms with Crippen molar-refractivity contribution in [3.8, 4) is 5.75 Å². The molecule has 1 aliphatic heterocycles. The summed E-state index contributed by atoms with van der Waals surface area (Å²) in [5.74, 6) is 0.852. The van der Waals surface area contributed by atoms with Crippen molar-refractivity contribution in [2.45, 2.75) is 0 Å². The summed E-state index contributed by atoms with van der Waals surface area (Å²) >= 11 is 1.71. The molecule has 4 heteroatoms. The van der Waals surface area contributed by atoms with Gasteiger partial charge in [0, 0.05) is 12.3 Å². The number of methoxy groups -OCH3 is 1. The third kappa shape index (κ3) is 1.87. The Morgan fingerprint density at radius 3 is 2.88 bits per heavy atom. The summed E-state index contributed by atoms with van der Waals surface area (Å²) in [6, 6.07) is 10.1. The first-order valence-electron chi connectivity index (χ1n) is 5.32. The van der Waals surface area contributed by atoms with E-state index in [-0.39, 0.29) is 0 Å². The maximum Gasteiger partial charge on any atom is 0.121 e. The number of rotatable bonds is 2. The Bertz CT molecular complexity index is 561. The lowest BCUT2D eigenvalue weighted by Crippen LogP contribution is -2.08. The highest BCUT2D eigenvalue weighted by Crippen LogP contribution is 2.34. The van der Waals surface area contributed by atoms with Crippen LogP contribution in [0.4, 0.5) is 11.4 Å². The molecule has 0 aliphatic carbocycles. The van der Waals surface area contributed by atoms with Gasteiger partial charge in [0.05, 0.1) is 29.1 Å². The highest BCUT2D eigenvalue weighted by atomic mass is 32.1. The number of hydrogen-bond donors (Lipinski definition) is 2. The average Bonchev–Trinajstić information content (AvgIpc) is 2.91. The number of nitrogens with one attached hydrogen (secondary N) is 2. The van der Waals surface area contributed by atoms with Crippen molar-refractivity contribution in [3.05, 3.63) is 46.8 Å². The zero-order chi connectivity index (χ0) is 11.7. The standard InChI is InChI=1S/C13H12N2OS/c1-16-9-4-5-10-11(7-9)15-12(8-14-10)13-3-2-6-17-13/h2-8,14-15H,1H3. The van der Waals surface area contributed by atoms with Crippen molar-refractivity contribution in [2.24, 2.45) is 0 Å². The van der Waals surface area contributed by atoms with Crippen LogP contribution in [-0.4, -0.2) is 7.11 Å². The molecule has 2 aromatic rings. The normalized spacial score (nSPS) is 13.1. The van der Waals surface area contributed by atoms with Crippen LogP contribution < -0.4 is 15.4 Å². The zero-order valence-electron chi connectivity index (χ0n) is 9.36. The molecule has 1 aromatic carbocycles. The first-order chi connectivity index (χ1) is 8.36. The minimum atomic E-state index is 0.852. The molecule has 0 radical (unpaired) electrons. The third-order valence-corrected chi connectivity index (χ3v) is 3.56. The number of thiophene rings is 1. The van der Waals surface area contributed by atoms with Crippen LogP contribution in [0.5, 0.6) is 5.75 Å². The molecule has 0 amide bonds. The smallest absolute Gasteiger partial charge is 0.121 e. The van der Waals surface area contributed by atoms with Gasteiger partial charge in [-0.1, -0.05) is 6.07 Å². The minimum Gasteiger partial charge on any atom is -0.497 e. The lowest BCUT2D eigenvalue weighted by atomic mass is 10.2. The Morgan fingerprint density at radius 1 is 1.18 bits per heavy atom. The van der Waals surface area contributed by atoms with Crippen LogP contribution in [-0.2, 0) is 0 Å². The van der Waals surface area contributed by atoms with Gasteiger partial charge in [-0.2, -0.15) is 0 Å². The molecule has 0 spiro atoms.